The Morgan fingerprint density at radius 2 is 1.94 bits per heavy atom. The molecule has 0 aliphatic rings. The molecule has 3 rings (SSSR count). The molecule has 0 unspecified atom stereocenters. The van der Waals surface area contributed by atoms with Crippen LogP contribution in [0, 0.1) is 12.7 Å². The predicted molar refractivity (Wildman–Crippen MR) is 104 cm³/mol. The van der Waals surface area contributed by atoms with Crippen molar-refractivity contribution in [2.45, 2.75) is 26.2 Å². The molecule has 3 aromatic rings. The minimum atomic E-state index is -2.79. The molecule has 1 amide bonds. The van der Waals surface area contributed by atoms with Gasteiger partial charge in [0.25, 0.3) is 12.3 Å². The Balaban J connectivity index is 2.01. The van der Waals surface area contributed by atoms with Crippen molar-refractivity contribution in [1.82, 2.24) is 14.8 Å². The van der Waals surface area contributed by atoms with E-state index >= 15 is 0 Å². The number of rotatable bonds is 7. The van der Waals surface area contributed by atoms with Crippen LogP contribution < -0.4 is 5.73 Å². The maximum atomic E-state index is 13.7. The number of esters is 1. The average Bonchev–Trinajstić information content (AvgIpc) is 3.03. The summed E-state index contributed by atoms with van der Waals surface area (Å²) in [5, 5.41) is 4.28. The van der Waals surface area contributed by atoms with Crippen molar-refractivity contribution in [3.8, 4) is 5.82 Å². The van der Waals surface area contributed by atoms with Crippen LogP contribution in [0.1, 0.15) is 44.9 Å². The van der Waals surface area contributed by atoms with Crippen LogP contribution in [0.5, 0.6) is 0 Å². The zero-order valence-corrected chi connectivity index (χ0v) is 16.7. The number of carbonyl (C=O) groups is 2. The van der Waals surface area contributed by atoms with Crippen LogP contribution in [0.15, 0.2) is 36.5 Å². The van der Waals surface area contributed by atoms with Gasteiger partial charge in [-0.05, 0) is 54.8 Å². The molecule has 0 saturated heterocycles. The molecule has 2 heterocycles. The number of benzene rings is 1. The van der Waals surface area contributed by atoms with Gasteiger partial charge < -0.3 is 10.5 Å². The highest BCUT2D eigenvalue weighted by Crippen LogP contribution is 2.24. The molecule has 0 aliphatic carbocycles. The van der Waals surface area contributed by atoms with Gasteiger partial charge in [0.1, 0.15) is 5.82 Å². The molecular weight excluding hydrogens is 413 g/mol. The van der Waals surface area contributed by atoms with Gasteiger partial charge in [0.15, 0.2) is 5.82 Å². The van der Waals surface area contributed by atoms with Gasteiger partial charge in [0.2, 0.25) is 0 Å². The van der Waals surface area contributed by atoms with E-state index in [0.29, 0.717) is 16.8 Å². The lowest BCUT2D eigenvalue weighted by atomic mass is 10.0. The lowest BCUT2D eigenvalue weighted by Crippen LogP contribution is -2.18. The number of hydrogen-bond acceptors (Lipinski definition) is 5. The third-order valence-electron chi connectivity index (χ3n) is 4.61. The Morgan fingerprint density at radius 3 is 2.58 bits per heavy atom. The van der Waals surface area contributed by atoms with Gasteiger partial charge in [-0.2, -0.15) is 5.10 Å². The summed E-state index contributed by atoms with van der Waals surface area (Å²) in [7, 11) is 1.21. The Morgan fingerprint density at radius 1 is 1.19 bits per heavy atom. The van der Waals surface area contributed by atoms with E-state index in [4.69, 9.17) is 5.73 Å². The number of nitrogens with two attached hydrogens (primary N) is 1. The van der Waals surface area contributed by atoms with Gasteiger partial charge in [-0.3, -0.25) is 9.59 Å². The van der Waals surface area contributed by atoms with E-state index in [-0.39, 0.29) is 29.9 Å². The third-order valence-corrected chi connectivity index (χ3v) is 4.61. The molecule has 162 valence electrons. The van der Waals surface area contributed by atoms with Crippen molar-refractivity contribution < 1.29 is 27.5 Å². The second-order valence-electron chi connectivity index (χ2n) is 6.83. The molecule has 0 spiro atoms. The first kappa shape index (κ1) is 22.0. The van der Waals surface area contributed by atoms with E-state index in [1.165, 1.54) is 30.1 Å². The summed E-state index contributed by atoms with van der Waals surface area (Å²) >= 11 is 0. The molecule has 0 atom stereocenters. The van der Waals surface area contributed by atoms with Crippen LogP contribution in [-0.4, -0.2) is 33.8 Å². The summed E-state index contributed by atoms with van der Waals surface area (Å²) in [5.41, 5.74) is 6.65. The summed E-state index contributed by atoms with van der Waals surface area (Å²) in [6, 6.07) is 6.45. The highest BCUT2D eigenvalue weighted by atomic mass is 19.3. The van der Waals surface area contributed by atoms with Gasteiger partial charge in [0, 0.05) is 11.8 Å². The Kier molecular flexibility index (Phi) is 6.38. The van der Waals surface area contributed by atoms with E-state index < -0.39 is 29.7 Å². The molecule has 2 aromatic heterocycles. The Bertz CT molecular complexity index is 1140. The quantitative estimate of drug-likeness (QED) is 0.579. The highest BCUT2D eigenvalue weighted by Gasteiger charge is 2.23. The topological polar surface area (TPSA) is 100 Å². The van der Waals surface area contributed by atoms with Crippen LogP contribution in [-0.2, 0) is 22.4 Å². The van der Waals surface area contributed by atoms with Crippen LogP contribution in [0.2, 0.25) is 0 Å². The zero-order valence-electron chi connectivity index (χ0n) is 16.7. The summed E-state index contributed by atoms with van der Waals surface area (Å²) in [5.74, 6) is -1.83. The minimum absolute atomic E-state index is 0.0873. The van der Waals surface area contributed by atoms with Crippen molar-refractivity contribution in [1.29, 1.82) is 0 Å². The molecule has 0 aliphatic heterocycles. The predicted octanol–water partition coefficient (Wildman–Crippen LogP) is 3.06. The summed E-state index contributed by atoms with van der Waals surface area (Å²) in [4.78, 5) is 28.0. The van der Waals surface area contributed by atoms with Gasteiger partial charge >= 0.3 is 5.97 Å². The molecule has 31 heavy (non-hydrogen) atoms. The number of aryl methyl sites for hydroxylation is 1. The van der Waals surface area contributed by atoms with E-state index in [2.05, 4.69) is 14.8 Å². The summed E-state index contributed by atoms with van der Waals surface area (Å²) in [6.07, 6.45) is -1.44. The smallest absolute Gasteiger partial charge is 0.311 e. The number of hydrogen-bond donors (Lipinski definition) is 1. The second-order valence-corrected chi connectivity index (χ2v) is 6.83. The van der Waals surface area contributed by atoms with Crippen molar-refractivity contribution in [2.24, 2.45) is 5.73 Å². The fourth-order valence-corrected chi connectivity index (χ4v) is 3.28. The number of carbonyl (C=O) groups excluding carboxylic acids is 2. The number of halogens is 3. The fraction of sp³-hybridized carbons (Fsp3) is 0.238. The van der Waals surface area contributed by atoms with Gasteiger partial charge in [0.05, 0.1) is 30.5 Å². The number of aromatic nitrogens is 3. The maximum Gasteiger partial charge on any atom is 0.311 e. The molecule has 1 aromatic carbocycles. The number of alkyl halides is 2. The number of methoxy groups -OCH3 is 1. The maximum absolute atomic E-state index is 13.7. The highest BCUT2D eigenvalue weighted by molar-refractivity contribution is 5.96. The Hall–Kier alpha value is -3.69. The molecular formula is C21H19F3N4O3. The number of primary amides is 1. The summed E-state index contributed by atoms with van der Waals surface area (Å²) in [6.45, 7) is 1.57. The Labute approximate surface area is 175 Å². The van der Waals surface area contributed by atoms with Crippen LogP contribution >= 0.6 is 0 Å². The first-order chi connectivity index (χ1) is 14.7. The zero-order chi connectivity index (χ0) is 22.7. The van der Waals surface area contributed by atoms with E-state index in [0.717, 1.165) is 6.07 Å². The minimum Gasteiger partial charge on any atom is -0.469 e. The van der Waals surface area contributed by atoms with E-state index in [9.17, 15) is 22.8 Å². The SMILES string of the molecule is COC(=O)Cc1c(C(N)=O)c(C)nn1-c1cc(Cc2cc(F)cc(C(F)F)c2)ccn1. The number of pyridine rings is 1. The molecule has 0 bridgehead atoms. The van der Waals surface area contributed by atoms with E-state index in [1.807, 2.05) is 0 Å². The normalized spacial score (nSPS) is 11.0. The molecule has 7 nitrogen and oxygen atoms in total. The molecule has 0 saturated carbocycles. The fourth-order valence-electron chi connectivity index (χ4n) is 3.28. The van der Waals surface area contributed by atoms with Crippen molar-refractivity contribution in [3.05, 3.63) is 76.0 Å². The van der Waals surface area contributed by atoms with Crippen LogP contribution in [0.25, 0.3) is 5.82 Å². The van der Waals surface area contributed by atoms with Crippen molar-refractivity contribution in [3.63, 3.8) is 0 Å². The third kappa shape index (κ3) is 4.90. The van der Waals surface area contributed by atoms with Crippen LogP contribution in [0.3, 0.4) is 0 Å². The van der Waals surface area contributed by atoms with Gasteiger partial charge in [-0.25, -0.2) is 22.8 Å². The molecule has 2 N–H and O–H groups in total. The van der Waals surface area contributed by atoms with Gasteiger partial charge in [-0.15, -0.1) is 0 Å². The lowest BCUT2D eigenvalue weighted by molar-refractivity contribution is -0.139. The van der Waals surface area contributed by atoms with E-state index in [1.54, 1.807) is 19.1 Å². The standard InChI is InChI=1S/C21H19F3N4O3/c1-11-19(21(25)30)16(10-18(29)31-2)28(27-11)17-8-12(3-4-26-17)5-13-6-14(20(23)24)9-15(22)7-13/h3-4,6-9,20H,5,10H2,1-2H3,(H2,25,30). The van der Waals surface area contributed by atoms with Gasteiger partial charge in [-0.1, -0.05) is 0 Å². The largest absolute Gasteiger partial charge is 0.469 e. The molecule has 0 radical (unpaired) electrons. The van der Waals surface area contributed by atoms with Crippen molar-refractivity contribution >= 4 is 11.9 Å². The monoisotopic (exact) mass is 432 g/mol. The first-order valence-corrected chi connectivity index (χ1v) is 9.17. The van der Waals surface area contributed by atoms with Crippen LogP contribution in [0.4, 0.5) is 13.2 Å². The molecule has 10 heteroatoms. The summed E-state index contributed by atoms with van der Waals surface area (Å²) < 4.78 is 45.7. The second kappa shape index (κ2) is 8.99. The lowest BCUT2D eigenvalue weighted by Gasteiger charge is -2.10. The molecule has 0 fully saturated rings. The average molecular weight is 432 g/mol. The number of ether oxygens (including phenoxy) is 1. The number of nitrogens with zero attached hydrogens (tertiary/aromatic N) is 3. The number of amides is 1. The van der Waals surface area contributed by atoms with Crippen molar-refractivity contribution in [2.75, 3.05) is 7.11 Å². The first-order valence-electron chi connectivity index (χ1n) is 9.17.